The summed E-state index contributed by atoms with van der Waals surface area (Å²) in [6, 6.07) is 10.1. The standard InChI is InChI=1S/C17H12F3N5O3S/c18-17(19,20)11-2-1-3-13(8-11)25-16(22-23-24-25)29-9-14(26)21-12-6-4-10(5-7-12)15(27)28/h1-8H,9H2,(H,21,26)(H,27,28). The van der Waals surface area contributed by atoms with Crippen molar-refractivity contribution in [3.63, 3.8) is 0 Å². The number of tetrazole rings is 1. The van der Waals surface area contributed by atoms with Crippen LogP contribution in [0.3, 0.4) is 0 Å². The second-order valence-electron chi connectivity index (χ2n) is 5.64. The van der Waals surface area contributed by atoms with E-state index in [1.807, 2.05) is 0 Å². The first-order chi connectivity index (χ1) is 13.7. The molecule has 0 fully saturated rings. The second-order valence-corrected chi connectivity index (χ2v) is 6.58. The molecule has 3 aromatic rings. The molecule has 0 atom stereocenters. The zero-order valence-corrected chi connectivity index (χ0v) is 15.2. The number of nitrogens with one attached hydrogen (secondary N) is 1. The summed E-state index contributed by atoms with van der Waals surface area (Å²) in [5.74, 6) is -1.61. The van der Waals surface area contributed by atoms with E-state index in [4.69, 9.17) is 5.11 Å². The summed E-state index contributed by atoms with van der Waals surface area (Å²) >= 11 is 0.937. The molecular weight excluding hydrogens is 411 g/mol. The van der Waals surface area contributed by atoms with Crippen molar-refractivity contribution in [3.8, 4) is 5.69 Å². The number of halogens is 3. The highest BCUT2D eigenvalue weighted by molar-refractivity contribution is 7.99. The van der Waals surface area contributed by atoms with Gasteiger partial charge in [-0.25, -0.2) is 4.79 Å². The van der Waals surface area contributed by atoms with Crippen molar-refractivity contribution in [2.45, 2.75) is 11.3 Å². The first-order valence-electron chi connectivity index (χ1n) is 7.96. The molecule has 3 rings (SSSR count). The van der Waals surface area contributed by atoms with Gasteiger partial charge in [0, 0.05) is 5.69 Å². The fraction of sp³-hybridized carbons (Fsp3) is 0.118. The number of amides is 1. The minimum absolute atomic E-state index is 0.0811. The van der Waals surface area contributed by atoms with E-state index in [2.05, 4.69) is 20.8 Å². The Bertz CT molecular complexity index is 1040. The van der Waals surface area contributed by atoms with Gasteiger partial charge in [0.1, 0.15) is 0 Å². The van der Waals surface area contributed by atoms with Gasteiger partial charge in [0.15, 0.2) is 0 Å². The van der Waals surface area contributed by atoms with E-state index in [1.54, 1.807) is 0 Å². The van der Waals surface area contributed by atoms with E-state index < -0.39 is 23.6 Å². The normalized spacial score (nSPS) is 11.3. The van der Waals surface area contributed by atoms with Gasteiger partial charge in [0.25, 0.3) is 0 Å². The first-order valence-corrected chi connectivity index (χ1v) is 8.94. The van der Waals surface area contributed by atoms with Crippen LogP contribution in [0.25, 0.3) is 5.69 Å². The quantitative estimate of drug-likeness (QED) is 0.586. The minimum atomic E-state index is -4.51. The zero-order chi connectivity index (χ0) is 21.0. The Balaban J connectivity index is 1.66. The Kier molecular flexibility index (Phi) is 5.82. The molecule has 150 valence electrons. The fourth-order valence-corrected chi connectivity index (χ4v) is 2.96. The topological polar surface area (TPSA) is 110 Å². The molecule has 2 aromatic carbocycles. The van der Waals surface area contributed by atoms with Crippen molar-refractivity contribution < 1.29 is 27.9 Å². The minimum Gasteiger partial charge on any atom is -0.478 e. The van der Waals surface area contributed by atoms with Crippen LogP contribution in [-0.2, 0) is 11.0 Å². The Morgan fingerprint density at radius 3 is 2.52 bits per heavy atom. The van der Waals surface area contributed by atoms with Crippen molar-refractivity contribution in [2.75, 3.05) is 11.1 Å². The SMILES string of the molecule is O=C(CSc1nnnn1-c1cccc(C(F)(F)F)c1)Nc1ccc(C(=O)O)cc1. The maximum Gasteiger partial charge on any atom is 0.416 e. The molecule has 0 saturated carbocycles. The first kappa shape index (κ1) is 20.3. The lowest BCUT2D eigenvalue weighted by molar-refractivity contribution is -0.137. The summed E-state index contributed by atoms with van der Waals surface area (Å²) in [4.78, 5) is 22.9. The number of nitrogens with zero attached hydrogens (tertiary/aromatic N) is 4. The molecular formula is C17H12F3N5O3S. The number of carbonyl (C=O) groups is 2. The number of carbonyl (C=O) groups excluding carboxylic acids is 1. The van der Waals surface area contributed by atoms with Crippen molar-refractivity contribution >= 4 is 29.3 Å². The van der Waals surface area contributed by atoms with Crippen molar-refractivity contribution in [1.29, 1.82) is 0 Å². The van der Waals surface area contributed by atoms with Gasteiger partial charge in [0.05, 0.1) is 22.6 Å². The third kappa shape index (κ3) is 5.10. The molecule has 1 aromatic heterocycles. The monoisotopic (exact) mass is 423 g/mol. The van der Waals surface area contributed by atoms with Gasteiger partial charge in [-0.3, -0.25) is 4.79 Å². The predicted molar refractivity (Wildman–Crippen MR) is 96.9 cm³/mol. The highest BCUT2D eigenvalue weighted by Crippen LogP contribution is 2.30. The summed E-state index contributed by atoms with van der Waals surface area (Å²) in [5.41, 5.74) is -0.253. The van der Waals surface area contributed by atoms with Gasteiger partial charge in [-0.1, -0.05) is 17.8 Å². The highest BCUT2D eigenvalue weighted by atomic mass is 32.2. The van der Waals surface area contributed by atoms with Gasteiger partial charge >= 0.3 is 12.1 Å². The smallest absolute Gasteiger partial charge is 0.416 e. The number of alkyl halides is 3. The molecule has 29 heavy (non-hydrogen) atoms. The molecule has 8 nitrogen and oxygen atoms in total. The third-order valence-corrected chi connectivity index (χ3v) is 4.53. The molecule has 0 spiro atoms. The Labute approximate surface area is 165 Å². The maximum atomic E-state index is 12.9. The Morgan fingerprint density at radius 2 is 1.86 bits per heavy atom. The van der Waals surface area contributed by atoms with Crippen LogP contribution in [-0.4, -0.2) is 42.9 Å². The summed E-state index contributed by atoms with van der Waals surface area (Å²) in [5, 5.41) is 22.4. The van der Waals surface area contributed by atoms with Crippen LogP contribution in [0, 0.1) is 0 Å². The van der Waals surface area contributed by atoms with Crippen LogP contribution < -0.4 is 5.32 Å². The fourth-order valence-electron chi connectivity index (χ4n) is 2.27. The van der Waals surface area contributed by atoms with Gasteiger partial charge in [-0.2, -0.15) is 17.9 Å². The van der Waals surface area contributed by atoms with Crippen LogP contribution in [0.15, 0.2) is 53.7 Å². The molecule has 2 N–H and O–H groups in total. The zero-order valence-electron chi connectivity index (χ0n) is 14.4. The van der Waals surface area contributed by atoms with Crippen molar-refractivity contribution in [3.05, 3.63) is 59.7 Å². The average Bonchev–Trinajstić information content (AvgIpc) is 3.15. The highest BCUT2D eigenvalue weighted by Gasteiger charge is 2.30. The second kappa shape index (κ2) is 8.31. The number of carboxylic acids is 1. The molecule has 12 heteroatoms. The van der Waals surface area contributed by atoms with E-state index in [1.165, 1.54) is 36.4 Å². The number of benzene rings is 2. The summed E-state index contributed by atoms with van der Waals surface area (Å²) < 4.78 is 39.8. The number of anilines is 1. The molecule has 0 bridgehead atoms. The number of thioether (sulfide) groups is 1. The van der Waals surface area contributed by atoms with Crippen LogP contribution >= 0.6 is 11.8 Å². The van der Waals surface area contributed by atoms with E-state index in [-0.39, 0.29) is 22.2 Å². The van der Waals surface area contributed by atoms with Gasteiger partial charge in [0.2, 0.25) is 11.1 Å². The number of aromatic carboxylic acids is 1. The van der Waals surface area contributed by atoms with E-state index in [9.17, 15) is 22.8 Å². The predicted octanol–water partition coefficient (Wildman–Crippen LogP) is 3.11. The number of hydrogen-bond acceptors (Lipinski definition) is 6. The molecule has 1 amide bonds. The number of aromatic nitrogens is 4. The lowest BCUT2D eigenvalue weighted by atomic mass is 10.2. The largest absolute Gasteiger partial charge is 0.478 e. The number of carboxylic acid groups (broad SMARTS) is 1. The molecule has 0 aliphatic rings. The van der Waals surface area contributed by atoms with Gasteiger partial charge in [-0.05, 0) is 52.9 Å². The van der Waals surface area contributed by atoms with Crippen LogP contribution in [0.2, 0.25) is 0 Å². The molecule has 0 aliphatic carbocycles. The molecule has 0 unspecified atom stereocenters. The maximum absolute atomic E-state index is 12.9. The van der Waals surface area contributed by atoms with E-state index in [0.717, 1.165) is 28.6 Å². The van der Waals surface area contributed by atoms with Crippen LogP contribution in [0.1, 0.15) is 15.9 Å². The van der Waals surface area contributed by atoms with E-state index >= 15 is 0 Å². The molecule has 0 saturated heterocycles. The van der Waals surface area contributed by atoms with Gasteiger partial charge < -0.3 is 10.4 Å². The number of hydrogen-bond donors (Lipinski definition) is 2. The Hall–Kier alpha value is -3.41. The molecule has 1 heterocycles. The third-order valence-electron chi connectivity index (χ3n) is 3.61. The molecule has 0 aliphatic heterocycles. The summed E-state index contributed by atoms with van der Waals surface area (Å²) in [6.45, 7) is 0. The summed E-state index contributed by atoms with van der Waals surface area (Å²) in [6.07, 6.45) is -4.51. The average molecular weight is 423 g/mol. The lowest BCUT2D eigenvalue weighted by Gasteiger charge is -2.09. The van der Waals surface area contributed by atoms with Gasteiger partial charge in [-0.15, -0.1) is 5.10 Å². The Morgan fingerprint density at radius 1 is 1.14 bits per heavy atom. The van der Waals surface area contributed by atoms with Crippen molar-refractivity contribution in [2.24, 2.45) is 0 Å². The molecule has 0 radical (unpaired) electrons. The van der Waals surface area contributed by atoms with Crippen molar-refractivity contribution in [1.82, 2.24) is 20.2 Å². The summed E-state index contributed by atoms with van der Waals surface area (Å²) in [7, 11) is 0. The lowest BCUT2D eigenvalue weighted by Crippen LogP contribution is -2.15. The van der Waals surface area contributed by atoms with Crippen LogP contribution in [0.5, 0.6) is 0 Å². The van der Waals surface area contributed by atoms with E-state index in [0.29, 0.717) is 5.69 Å². The van der Waals surface area contributed by atoms with Crippen LogP contribution in [0.4, 0.5) is 18.9 Å². The number of rotatable bonds is 6.